The Bertz CT molecular complexity index is 455. The van der Waals surface area contributed by atoms with Crippen LogP contribution >= 0.6 is 47.8 Å². The monoisotopic (exact) mass is 450 g/mol. The molecule has 0 amide bonds. The topological polar surface area (TPSA) is 35.8 Å². The molecule has 0 spiro atoms. The summed E-state index contributed by atoms with van der Waals surface area (Å²) in [5.41, 5.74) is 0.862. The zero-order valence-electron chi connectivity index (χ0n) is 11.1. The SMILES string of the molecule is CC(C)(C#N)CCCCNc1c(Br)cc(Br)cc1Br. The van der Waals surface area contributed by atoms with Gasteiger partial charge in [0.15, 0.2) is 0 Å². The Kier molecular flexibility index (Phi) is 6.85. The number of halogens is 3. The van der Waals surface area contributed by atoms with Crippen LogP contribution in [0, 0.1) is 16.7 Å². The molecule has 1 aromatic rings. The third kappa shape index (κ3) is 5.85. The Labute approximate surface area is 140 Å². The summed E-state index contributed by atoms with van der Waals surface area (Å²) in [7, 11) is 0. The van der Waals surface area contributed by atoms with Crippen molar-refractivity contribution in [3.8, 4) is 6.07 Å². The zero-order valence-corrected chi connectivity index (χ0v) is 15.8. The van der Waals surface area contributed by atoms with E-state index in [1.54, 1.807) is 0 Å². The molecule has 0 atom stereocenters. The zero-order chi connectivity index (χ0) is 14.5. The lowest BCUT2D eigenvalue weighted by atomic mass is 9.89. The summed E-state index contributed by atoms with van der Waals surface area (Å²) in [6, 6.07) is 6.37. The smallest absolute Gasteiger partial charge is 0.0683 e. The number of benzene rings is 1. The Hall–Kier alpha value is -0.0500. The summed E-state index contributed by atoms with van der Waals surface area (Å²) in [5, 5.41) is 12.4. The van der Waals surface area contributed by atoms with Gasteiger partial charge in [-0.2, -0.15) is 5.26 Å². The Balaban J connectivity index is 2.41. The van der Waals surface area contributed by atoms with E-state index in [0.717, 1.165) is 44.9 Å². The molecule has 1 N–H and O–H groups in total. The molecule has 1 aromatic carbocycles. The molecule has 0 saturated heterocycles. The molecule has 2 nitrogen and oxygen atoms in total. The van der Waals surface area contributed by atoms with E-state index in [1.807, 2.05) is 26.0 Å². The van der Waals surface area contributed by atoms with Crippen LogP contribution in [0.25, 0.3) is 0 Å². The second-order valence-electron chi connectivity index (χ2n) is 5.12. The molecule has 0 aliphatic rings. The van der Waals surface area contributed by atoms with Gasteiger partial charge in [0.1, 0.15) is 0 Å². The Morgan fingerprint density at radius 1 is 1.16 bits per heavy atom. The first-order chi connectivity index (χ1) is 8.85. The number of anilines is 1. The van der Waals surface area contributed by atoms with Gasteiger partial charge in [-0.3, -0.25) is 0 Å². The maximum absolute atomic E-state index is 8.94. The highest BCUT2D eigenvalue weighted by Crippen LogP contribution is 2.34. The van der Waals surface area contributed by atoms with E-state index in [4.69, 9.17) is 5.26 Å². The van der Waals surface area contributed by atoms with Crippen LogP contribution in [0.15, 0.2) is 25.6 Å². The maximum atomic E-state index is 8.94. The molecular formula is C14H17Br3N2. The number of hydrogen-bond donors (Lipinski definition) is 1. The summed E-state index contributed by atoms with van der Waals surface area (Å²) in [6.45, 7) is 4.88. The van der Waals surface area contributed by atoms with Gasteiger partial charge >= 0.3 is 0 Å². The second-order valence-corrected chi connectivity index (χ2v) is 7.75. The molecule has 0 aliphatic heterocycles. The molecule has 0 radical (unpaired) electrons. The first-order valence-electron chi connectivity index (χ1n) is 6.15. The first-order valence-corrected chi connectivity index (χ1v) is 8.53. The summed E-state index contributed by atoms with van der Waals surface area (Å²) < 4.78 is 3.10. The van der Waals surface area contributed by atoms with Gasteiger partial charge in [-0.15, -0.1) is 0 Å². The number of hydrogen-bond acceptors (Lipinski definition) is 2. The molecule has 0 fully saturated rings. The minimum absolute atomic E-state index is 0.210. The second kappa shape index (κ2) is 7.66. The number of nitriles is 1. The summed E-state index contributed by atoms with van der Waals surface area (Å²) >= 11 is 10.5. The lowest BCUT2D eigenvalue weighted by molar-refractivity contribution is 0.430. The first kappa shape index (κ1) is 17.0. The van der Waals surface area contributed by atoms with Crippen molar-refractivity contribution in [1.82, 2.24) is 0 Å². The Morgan fingerprint density at radius 2 is 1.74 bits per heavy atom. The third-order valence-corrected chi connectivity index (χ3v) is 4.55. The summed E-state index contributed by atoms with van der Waals surface area (Å²) in [6.07, 6.45) is 3.05. The van der Waals surface area contributed by atoms with Gasteiger partial charge in [0.2, 0.25) is 0 Å². The minimum Gasteiger partial charge on any atom is -0.383 e. The van der Waals surface area contributed by atoms with E-state index in [9.17, 15) is 0 Å². The number of rotatable bonds is 6. The average Bonchev–Trinajstić information content (AvgIpc) is 2.31. The van der Waals surface area contributed by atoms with Gasteiger partial charge in [-0.1, -0.05) is 22.4 Å². The van der Waals surface area contributed by atoms with E-state index in [1.165, 1.54) is 0 Å². The largest absolute Gasteiger partial charge is 0.383 e. The van der Waals surface area contributed by atoms with Crippen LogP contribution < -0.4 is 5.32 Å². The van der Waals surface area contributed by atoms with Crippen LogP contribution in [0.3, 0.4) is 0 Å². The van der Waals surface area contributed by atoms with Crippen LogP contribution in [0.1, 0.15) is 33.1 Å². The predicted octanol–water partition coefficient (Wildman–Crippen LogP) is 6.11. The van der Waals surface area contributed by atoms with Crippen molar-refractivity contribution in [2.75, 3.05) is 11.9 Å². The van der Waals surface area contributed by atoms with Crippen molar-refractivity contribution in [3.63, 3.8) is 0 Å². The number of unbranched alkanes of at least 4 members (excludes halogenated alkanes) is 1. The van der Waals surface area contributed by atoms with Crippen molar-refractivity contribution in [2.45, 2.75) is 33.1 Å². The fourth-order valence-electron chi connectivity index (χ4n) is 1.67. The fraction of sp³-hybridized carbons (Fsp3) is 0.500. The maximum Gasteiger partial charge on any atom is 0.0683 e. The van der Waals surface area contributed by atoms with Gasteiger partial charge in [-0.25, -0.2) is 0 Å². The van der Waals surface area contributed by atoms with Gasteiger partial charge in [0.05, 0.1) is 17.2 Å². The molecule has 19 heavy (non-hydrogen) atoms. The van der Waals surface area contributed by atoms with Crippen LogP contribution in [0.4, 0.5) is 5.69 Å². The molecule has 5 heteroatoms. The summed E-state index contributed by atoms with van der Waals surface area (Å²) in [5.74, 6) is 0. The quantitative estimate of drug-likeness (QED) is 0.529. The van der Waals surface area contributed by atoms with Crippen LogP contribution in [-0.4, -0.2) is 6.54 Å². The Morgan fingerprint density at radius 3 is 2.26 bits per heavy atom. The molecule has 0 heterocycles. The van der Waals surface area contributed by atoms with Gasteiger partial charge < -0.3 is 5.32 Å². The van der Waals surface area contributed by atoms with Crippen LogP contribution in [-0.2, 0) is 0 Å². The van der Waals surface area contributed by atoms with Gasteiger partial charge in [0, 0.05) is 20.0 Å². The van der Waals surface area contributed by atoms with Crippen molar-refractivity contribution in [3.05, 3.63) is 25.6 Å². The van der Waals surface area contributed by atoms with Crippen molar-refractivity contribution < 1.29 is 0 Å². The fourth-order valence-corrected chi connectivity index (χ4v) is 4.21. The van der Waals surface area contributed by atoms with E-state index in [-0.39, 0.29) is 5.41 Å². The molecule has 0 bridgehead atoms. The summed E-state index contributed by atoms with van der Waals surface area (Å²) in [4.78, 5) is 0. The van der Waals surface area contributed by atoms with E-state index in [0.29, 0.717) is 0 Å². The van der Waals surface area contributed by atoms with Crippen molar-refractivity contribution in [2.24, 2.45) is 5.41 Å². The lowest BCUT2D eigenvalue weighted by Crippen LogP contribution is -2.09. The van der Waals surface area contributed by atoms with Crippen molar-refractivity contribution >= 4 is 53.5 Å². The molecular weight excluding hydrogens is 436 g/mol. The number of nitrogens with zero attached hydrogens (tertiary/aromatic N) is 1. The molecule has 0 unspecified atom stereocenters. The molecule has 0 saturated carbocycles. The third-order valence-electron chi connectivity index (χ3n) is 2.84. The highest BCUT2D eigenvalue weighted by atomic mass is 79.9. The normalized spacial score (nSPS) is 11.2. The number of nitrogens with one attached hydrogen (secondary N) is 1. The lowest BCUT2D eigenvalue weighted by Gasteiger charge is -2.15. The van der Waals surface area contributed by atoms with E-state index < -0.39 is 0 Å². The molecule has 0 aliphatic carbocycles. The molecule has 104 valence electrons. The van der Waals surface area contributed by atoms with Gasteiger partial charge in [-0.05, 0) is 70.7 Å². The average molecular weight is 453 g/mol. The van der Waals surface area contributed by atoms with Crippen molar-refractivity contribution in [1.29, 1.82) is 5.26 Å². The minimum atomic E-state index is -0.210. The molecule has 1 rings (SSSR count). The van der Waals surface area contributed by atoms with Crippen LogP contribution in [0.2, 0.25) is 0 Å². The highest BCUT2D eigenvalue weighted by Gasteiger charge is 2.15. The highest BCUT2D eigenvalue weighted by molar-refractivity contribution is 9.11. The van der Waals surface area contributed by atoms with Gasteiger partial charge in [0.25, 0.3) is 0 Å². The van der Waals surface area contributed by atoms with Crippen LogP contribution in [0.5, 0.6) is 0 Å². The standard InChI is InChI=1S/C14H17Br3N2/c1-14(2,9-18)5-3-4-6-19-13-11(16)7-10(15)8-12(13)17/h7-8,19H,3-6H2,1-2H3. The van der Waals surface area contributed by atoms with E-state index >= 15 is 0 Å². The van der Waals surface area contributed by atoms with E-state index in [2.05, 4.69) is 59.2 Å². The predicted molar refractivity (Wildman–Crippen MR) is 91.3 cm³/mol. The molecule has 0 aromatic heterocycles.